The number of carbonyl (C=O) groups excluding carboxylic acids is 1. The van der Waals surface area contributed by atoms with Crippen LogP contribution >= 0.6 is 23.4 Å². The van der Waals surface area contributed by atoms with Crippen molar-refractivity contribution in [1.82, 2.24) is 14.5 Å². The lowest BCUT2D eigenvalue weighted by atomic mass is 10.1. The summed E-state index contributed by atoms with van der Waals surface area (Å²) in [6, 6.07) is 9.33. The molecule has 0 saturated carbocycles. The van der Waals surface area contributed by atoms with Crippen molar-refractivity contribution in [2.45, 2.75) is 37.4 Å². The van der Waals surface area contributed by atoms with E-state index in [1.165, 1.54) is 0 Å². The van der Waals surface area contributed by atoms with Crippen molar-refractivity contribution in [2.24, 2.45) is 0 Å². The first-order valence-corrected chi connectivity index (χ1v) is 11.4. The Kier molecular flexibility index (Phi) is 6.15. The molecule has 2 aliphatic heterocycles. The fourth-order valence-corrected chi connectivity index (χ4v) is 5.30. The van der Waals surface area contributed by atoms with E-state index in [9.17, 15) is 9.59 Å². The summed E-state index contributed by atoms with van der Waals surface area (Å²) in [4.78, 5) is 34.2. The van der Waals surface area contributed by atoms with Crippen LogP contribution in [0.1, 0.15) is 31.5 Å². The molecule has 8 heteroatoms. The summed E-state index contributed by atoms with van der Waals surface area (Å²) in [5.41, 5.74) is 1.90. The molecule has 2 aliphatic rings. The predicted octanol–water partition coefficient (Wildman–Crippen LogP) is 3.23. The third kappa shape index (κ3) is 4.46. The Hall–Kier alpha value is -1.99. The molecule has 6 nitrogen and oxygen atoms in total. The van der Waals surface area contributed by atoms with E-state index in [0.717, 1.165) is 53.2 Å². The third-order valence-electron chi connectivity index (χ3n) is 5.46. The Morgan fingerprint density at radius 1 is 1.24 bits per heavy atom. The lowest BCUT2D eigenvalue weighted by molar-refractivity contribution is -0.132. The van der Waals surface area contributed by atoms with Gasteiger partial charge >= 0.3 is 0 Å². The van der Waals surface area contributed by atoms with Gasteiger partial charge in [0, 0.05) is 60.8 Å². The SMILES string of the molecule is CCCc1cc(=O)n2c(n1)SCC2CC(=O)N1CCN(c2cccc(Cl)c2)CC1. The molecule has 1 fully saturated rings. The van der Waals surface area contributed by atoms with Gasteiger partial charge in [-0.3, -0.25) is 14.2 Å². The molecule has 1 unspecified atom stereocenters. The molecule has 0 radical (unpaired) electrons. The van der Waals surface area contributed by atoms with Crippen molar-refractivity contribution in [3.05, 3.63) is 51.4 Å². The fourth-order valence-electron chi connectivity index (χ4n) is 3.95. The summed E-state index contributed by atoms with van der Waals surface area (Å²) in [6.07, 6.45) is 2.12. The van der Waals surface area contributed by atoms with Crippen molar-refractivity contribution in [3.8, 4) is 0 Å². The predicted molar refractivity (Wildman–Crippen MR) is 117 cm³/mol. The number of carbonyl (C=O) groups is 1. The lowest BCUT2D eigenvalue weighted by Gasteiger charge is -2.36. The molecule has 29 heavy (non-hydrogen) atoms. The number of benzene rings is 1. The van der Waals surface area contributed by atoms with Crippen LogP contribution in [0.25, 0.3) is 0 Å². The summed E-state index contributed by atoms with van der Waals surface area (Å²) in [6.45, 7) is 5.00. The Balaban J connectivity index is 1.38. The monoisotopic (exact) mass is 432 g/mol. The van der Waals surface area contributed by atoms with Gasteiger partial charge in [0.25, 0.3) is 5.56 Å². The molecule has 1 aromatic carbocycles. The minimum absolute atomic E-state index is 0.0352. The molecular weight excluding hydrogens is 408 g/mol. The highest BCUT2D eigenvalue weighted by molar-refractivity contribution is 7.99. The van der Waals surface area contributed by atoms with Crippen LogP contribution in [0.3, 0.4) is 0 Å². The maximum Gasteiger partial charge on any atom is 0.254 e. The van der Waals surface area contributed by atoms with Gasteiger partial charge in [0.05, 0.1) is 6.04 Å². The van der Waals surface area contributed by atoms with Crippen molar-refractivity contribution in [3.63, 3.8) is 0 Å². The molecular formula is C21H25ClN4O2S. The number of amides is 1. The van der Waals surface area contributed by atoms with Crippen molar-refractivity contribution < 1.29 is 4.79 Å². The number of anilines is 1. The van der Waals surface area contributed by atoms with E-state index < -0.39 is 0 Å². The van der Waals surface area contributed by atoms with E-state index in [2.05, 4.69) is 16.8 Å². The van der Waals surface area contributed by atoms with E-state index in [-0.39, 0.29) is 17.5 Å². The largest absolute Gasteiger partial charge is 0.368 e. The van der Waals surface area contributed by atoms with Crippen molar-refractivity contribution in [2.75, 3.05) is 36.8 Å². The highest BCUT2D eigenvalue weighted by Gasteiger charge is 2.30. The van der Waals surface area contributed by atoms with Gasteiger partial charge in [0.2, 0.25) is 5.91 Å². The Bertz CT molecular complexity index is 956. The first-order valence-electron chi connectivity index (χ1n) is 10.1. The number of hydrogen-bond donors (Lipinski definition) is 0. The first-order chi connectivity index (χ1) is 14.0. The zero-order valence-electron chi connectivity index (χ0n) is 16.5. The standard InChI is InChI=1S/C21H25ClN4O2S/c1-2-4-16-12-20(28)26-18(14-29-21(26)23-16)13-19(27)25-9-7-24(8-10-25)17-6-3-5-15(22)11-17/h3,5-6,11-12,18H,2,4,7-10,13-14H2,1H3. The average molecular weight is 433 g/mol. The number of rotatable bonds is 5. The number of fused-ring (bicyclic) bond motifs is 1. The van der Waals surface area contributed by atoms with E-state index in [1.54, 1.807) is 22.4 Å². The van der Waals surface area contributed by atoms with Crippen LogP contribution in [0.2, 0.25) is 5.02 Å². The number of thioether (sulfide) groups is 1. The third-order valence-corrected chi connectivity index (χ3v) is 6.80. The maximum atomic E-state index is 12.9. The summed E-state index contributed by atoms with van der Waals surface area (Å²) in [5.74, 6) is 0.838. The van der Waals surface area contributed by atoms with Gasteiger partial charge in [-0.1, -0.05) is 42.8 Å². The molecule has 1 saturated heterocycles. The summed E-state index contributed by atoms with van der Waals surface area (Å²) < 4.78 is 1.71. The van der Waals surface area contributed by atoms with E-state index >= 15 is 0 Å². The molecule has 2 aromatic rings. The van der Waals surface area contributed by atoms with Gasteiger partial charge in [0.15, 0.2) is 5.16 Å². The summed E-state index contributed by atoms with van der Waals surface area (Å²) in [7, 11) is 0. The highest BCUT2D eigenvalue weighted by Crippen LogP contribution is 2.32. The quantitative estimate of drug-likeness (QED) is 0.679. The van der Waals surface area contributed by atoms with Gasteiger partial charge in [-0.25, -0.2) is 4.98 Å². The summed E-state index contributed by atoms with van der Waals surface area (Å²) in [5, 5.41) is 1.48. The van der Waals surface area contributed by atoms with E-state index in [0.29, 0.717) is 19.5 Å². The minimum atomic E-state index is -0.107. The molecule has 3 heterocycles. The van der Waals surface area contributed by atoms with Gasteiger partial charge in [-0.15, -0.1) is 0 Å². The minimum Gasteiger partial charge on any atom is -0.368 e. The van der Waals surface area contributed by atoms with Gasteiger partial charge in [-0.2, -0.15) is 0 Å². The Labute approximate surface area is 179 Å². The Morgan fingerprint density at radius 3 is 2.76 bits per heavy atom. The molecule has 1 amide bonds. The smallest absolute Gasteiger partial charge is 0.254 e. The molecule has 0 aliphatic carbocycles. The number of aromatic nitrogens is 2. The van der Waals surface area contributed by atoms with E-state index in [1.807, 2.05) is 29.2 Å². The van der Waals surface area contributed by atoms with Crippen LogP contribution in [0, 0.1) is 0 Å². The average Bonchev–Trinajstić information content (AvgIpc) is 3.11. The van der Waals surface area contributed by atoms with Gasteiger partial charge in [0.1, 0.15) is 0 Å². The number of aryl methyl sites for hydroxylation is 1. The normalized spacial score (nSPS) is 18.8. The molecule has 0 N–H and O–H groups in total. The second-order valence-corrected chi connectivity index (χ2v) is 8.93. The second-order valence-electron chi connectivity index (χ2n) is 7.50. The molecule has 4 rings (SSSR count). The molecule has 1 aromatic heterocycles. The lowest BCUT2D eigenvalue weighted by Crippen LogP contribution is -2.49. The summed E-state index contributed by atoms with van der Waals surface area (Å²) >= 11 is 7.67. The maximum absolute atomic E-state index is 12.9. The van der Waals surface area contributed by atoms with Crippen LogP contribution in [-0.2, 0) is 11.2 Å². The highest BCUT2D eigenvalue weighted by atomic mass is 35.5. The topological polar surface area (TPSA) is 58.4 Å². The number of halogens is 1. The first kappa shape index (κ1) is 20.3. The number of hydrogen-bond acceptors (Lipinski definition) is 5. The number of piperazine rings is 1. The molecule has 1 atom stereocenters. The van der Waals surface area contributed by atoms with Gasteiger partial charge < -0.3 is 9.80 Å². The van der Waals surface area contributed by atoms with Crippen LogP contribution in [0.5, 0.6) is 0 Å². The van der Waals surface area contributed by atoms with Crippen LogP contribution in [0.15, 0.2) is 40.3 Å². The zero-order valence-corrected chi connectivity index (χ0v) is 18.1. The van der Waals surface area contributed by atoms with Gasteiger partial charge in [-0.05, 0) is 24.6 Å². The second kappa shape index (κ2) is 8.79. The van der Waals surface area contributed by atoms with Crippen molar-refractivity contribution in [1.29, 1.82) is 0 Å². The molecule has 0 spiro atoms. The van der Waals surface area contributed by atoms with Crippen LogP contribution in [-0.4, -0.2) is 52.3 Å². The van der Waals surface area contributed by atoms with Crippen LogP contribution in [0.4, 0.5) is 5.69 Å². The fraction of sp³-hybridized carbons (Fsp3) is 0.476. The zero-order chi connectivity index (χ0) is 20.4. The van der Waals surface area contributed by atoms with Crippen molar-refractivity contribution >= 4 is 35.0 Å². The van der Waals surface area contributed by atoms with E-state index in [4.69, 9.17) is 11.6 Å². The Morgan fingerprint density at radius 2 is 2.03 bits per heavy atom. The molecule has 154 valence electrons. The molecule has 0 bridgehead atoms. The number of nitrogens with zero attached hydrogens (tertiary/aromatic N) is 4. The van der Waals surface area contributed by atoms with Crippen LogP contribution < -0.4 is 10.5 Å².